The Kier molecular flexibility index (Phi) is 4.79. The lowest BCUT2D eigenvalue weighted by atomic mass is 10.1. The van der Waals surface area contributed by atoms with Crippen molar-refractivity contribution in [3.8, 4) is 11.8 Å². The first kappa shape index (κ1) is 18.5. The zero-order chi connectivity index (χ0) is 19.8. The molecule has 1 aliphatic heterocycles. The van der Waals surface area contributed by atoms with Gasteiger partial charge in [-0.3, -0.25) is 9.59 Å². The molecular formula is C20H13BrN4O2S. The highest BCUT2D eigenvalue weighted by atomic mass is 79.9. The molecule has 3 aromatic rings. The summed E-state index contributed by atoms with van der Waals surface area (Å²) in [6, 6.07) is 16.2. The Hall–Kier alpha value is -2.89. The van der Waals surface area contributed by atoms with Crippen LogP contribution >= 0.6 is 27.7 Å². The summed E-state index contributed by atoms with van der Waals surface area (Å²) in [6.45, 7) is 1.95. The van der Waals surface area contributed by atoms with Crippen molar-refractivity contribution in [3.05, 3.63) is 69.7 Å². The van der Waals surface area contributed by atoms with Crippen LogP contribution in [0.25, 0.3) is 5.69 Å². The van der Waals surface area contributed by atoms with E-state index in [4.69, 9.17) is 0 Å². The van der Waals surface area contributed by atoms with Gasteiger partial charge in [-0.25, -0.2) is 9.58 Å². The molecule has 0 N–H and O–H groups in total. The second-order valence-electron chi connectivity index (χ2n) is 5.93. The molecule has 138 valence electrons. The number of carbonyl (C=O) groups is 2. The molecule has 1 aromatic heterocycles. The number of rotatable bonds is 4. The number of hydrogen-bond donors (Lipinski definition) is 0. The Balaban J connectivity index is 1.96. The summed E-state index contributed by atoms with van der Waals surface area (Å²) in [6.07, 6.45) is 0. The molecule has 8 heteroatoms. The number of halogens is 1. The Morgan fingerprint density at radius 3 is 2.50 bits per heavy atom. The van der Waals surface area contributed by atoms with E-state index in [2.05, 4.69) is 27.1 Å². The van der Waals surface area contributed by atoms with E-state index in [0.717, 1.165) is 4.90 Å². The molecular weight excluding hydrogens is 440 g/mol. The number of nitrogens with zero attached hydrogens (tertiary/aromatic N) is 4. The van der Waals surface area contributed by atoms with Crippen LogP contribution in [-0.2, 0) is 0 Å². The van der Waals surface area contributed by atoms with Crippen molar-refractivity contribution < 1.29 is 9.59 Å². The van der Waals surface area contributed by atoms with E-state index in [0.29, 0.717) is 32.1 Å². The number of aromatic nitrogens is 2. The van der Waals surface area contributed by atoms with Crippen molar-refractivity contribution >= 4 is 45.3 Å². The van der Waals surface area contributed by atoms with Gasteiger partial charge in [-0.15, -0.1) is 11.8 Å². The zero-order valence-corrected chi connectivity index (χ0v) is 17.1. The van der Waals surface area contributed by atoms with Gasteiger partial charge in [0, 0.05) is 4.47 Å². The first-order chi connectivity index (χ1) is 13.6. The molecule has 0 atom stereocenters. The van der Waals surface area contributed by atoms with Gasteiger partial charge >= 0.3 is 0 Å². The topological polar surface area (TPSA) is 79.0 Å². The number of anilines is 1. The Morgan fingerprint density at radius 1 is 1.11 bits per heavy atom. The summed E-state index contributed by atoms with van der Waals surface area (Å²) >= 11 is 4.73. The summed E-state index contributed by atoms with van der Waals surface area (Å²) in [5.74, 6) is -0.0568. The number of para-hydroxylation sites is 1. The fraction of sp³-hybridized carbons (Fsp3) is 0.100. The van der Waals surface area contributed by atoms with Gasteiger partial charge in [0.15, 0.2) is 5.82 Å². The summed E-state index contributed by atoms with van der Waals surface area (Å²) in [5.41, 5.74) is 1.48. The van der Waals surface area contributed by atoms with Gasteiger partial charge < -0.3 is 0 Å². The van der Waals surface area contributed by atoms with E-state index < -0.39 is 11.8 Å². The van der Waals surface area contributed by atoms with Gasteiger partial charge in [-0.2, -0.15) is 10.4 Å². The summed E-state index contributed by atoms with van der Waals surface area (Å²) in [4.78, 5) is 27.2. The molecule has 2 heterocycles. The van der Waals surface area contributed by atoms with Crippen molar-refractivity contribution in [1.82, 2.24) is 9.78 Å². The molecule has 0 saturated carbocycles. The third kappa shape index (κ3) is 2.84. The molecule has 0 unspecified atom stereocenters. The first-order valence-corrected chi connectivity index (χ1v) is 10.2. The maximum absolute atomic E-state index is 13.1. The number of imide groups is 1. The maximum Gasteiger partial charge on any atom is 0.267 e. The smallest absolute Gasteiger partial charge is 0.267 e. The van der Waals surface area contributed by atoms with Crippen molar-refractivity contribution in [2.24, 2.45) is 0 Å². The molecule has 28 heavy (non-hydrogen) atoms. The summed E-state index contributed by atoms with van der Waals surface area (Å²) in [7, 11) is 0. The van der Waals surface area contributed by atoms with Crippen molar-refractivity contribution in [2.45, 2.75) is 11.9 Å². The van der Waals surface area contributed by atoms with Gasteiger partial charge in [0.2, 0.25) is 0 Å². The molecule has 1 aliphatic rings. The molecule has 0 radical (unpaired) electrons. The minimum absolute atomic E-state index is 0.173. The number of hydrogen-bond acceptors (Lipinski definition) is 5. The molecule has 2 aromatic carbocycles. The van der Waals surface area contributed by atoms with E-state index in [-0.39, 0.29) is 11.4 Å². The van der Waals surface area contributed by atoms with Crippen LogP contribution in [0.15, 0.2) is 58.0 Å². The Labute approximate surface area is 173 Å². The van der Waals surface area contributed by atoms with Gasteiger partial charge in [0.1, 0.15) is 16.7 Å². The molecule has 0 saturated heterocycles. The van der Waals surface area contributed by atoms with Crippen LogP contribution in [0.2, 0.25) is 0 Å². The van der Waals surface area contributed by atoms with Crippen LogP contribution in [-0.4, -0.2) is 27.3 Å². The van der Waals surface area contributed by atoms with Crippen LogP contribution in [0.3, 0.4) is 0 Å². The Morgan fingerprint density at radius 2 is 1.82 bits per heavy atom. The minimum atomic E-state index is -0.470. The lowest BCUT2D eigenvalue weighted by Gasteiger charge is -2.16. The van der Waals surface area contributed by atoms with Gasteiger partial charge in [0.25, 0.3) is 11.8 Å². The van der Waals surface area contributed by atoms with Crippen LogP contribution in [0.1, 0.15) is 33.2 Å². The summed E-state index contributed by atoms with van der Waals surface area (Å²) in [5, 5.41) is 14.8. The van der Waals surface area contributed by atoms with E-state index >= 15 is 0 Å². The van der Waals surface area contributed by atoms with Crippen LogP contribution < -0.4 is 4.90 Å². The minimum Gasteiger partial charge on any atom is -0.268 e. The van der Waals surface area contributed by atoms with E-state index in [1.165, 1.54) is 16.4 Å². The highest BCUT2D eigenvalue weighted by Gasteiger charge is 2.41. The van der Waals surface area contributed by atoms with Gasteiger partial charge in [-0.05, 0) is 36.1 Å². The number of thioether (sulfide) groups is 1. The lowest BCUT2D eigenvalue weighted by Crippen LogP contribution is -2.32. The maximum atomic E-state index is 13.1. The number of carbonyl (C=O) groups excluding carboxylic acids is 2. The van der Waals surface area contributed by atoms with Gasteiger partial charge in [-0.1, -0.05) is 41.1 Å². The normalized spacial score (nSPS) is 13.0. The monoisotopic (exact) mass is 452 g/mol. The van der Waals surface area contributed by atoms with E-state index in [9.17, 15) is 14.9 Å². The molecule has 0 bridgehead atoms. The fourth-order valence-electron chi connectivity index (χ4n) is 3.09. The standard InChI is InChI=1S/C20H13BrN4O2S/c1-2-28-17-16(11-22)18(25(23-17)13-6-4-3-5-7-13)24-19(26)14-9-8-12(21)10-15(14)20(24)27/h3-10H,2H2,1H3. The number of amides is 2. The quantitative estimate of drug-likeness (QED) is 0.432. The van der Waals surface area contributed by atoms with Crippen molar-refractivity contribution in [2.75, 3.05) is 10.7 Å². The second-order valence-corrected chi connectivity index (χ2v) is 8.10. The average Bonchev–Trinajstić information content (AvgIpc) is 3.17. The Bertz CT molecular complexity index is 1150. The lowest BCUT2D eigenvalue weighted by molar-refractivity contribution is 0.0924. The van der Waals surface area contributed by atoms with Crippen LogP contribution in [0.5, 0.6) is 0 Å². The third-order valence-electron chi connectivity index (χ3n) is 4.28. The van der Waals surface area contributed by atoms with Gasteiger partial charge in [0.05, 0.1) is 16.8 Å². The van der Waals surface area contributed by atoms with Crippen molar-refractivity contribution in [3.63, 3.8) is 0 Å². The van der Waals surface area contributed by atoms with Crippen molar-refractivity contribution in [1.29, 1.82) is 5.26 Å². The number of nitriles is 1. The molecule has 0 spiro atoms. The number of fused-ring (bicyclic) bond motifs is 1. The number of benzene rings is 2. The van der Waals surface area contributed by atoms with Crippen LogP contribution in [0.4, 0.5) is 5.82 Å². The molecule has 6 nitrogen and oxygen atoms in total. The second kappa shape index (κ2) is 7.26. The highest BCUT2D eigenvalue weighted by molar-refractivity contribution is 9.10. The van der Waals surface area contributed by atoms with E-state index in [1.807, 2.05) is 37.3 Å². The average molecular weight is 453 g/mol. The zero-order valence-electron chi connectivity index (χ0n) is 14.7. The molecule has 4 rings (SSSR count). The third-order valence-corrected chi connectivity index (χ3v) is 5.62. The van der Waals surface area contributed by atoms with E-state index in [1.54, 1.807) is 18.2 Å². The molecule has 2 amide bonds. The molecule has 0 fully saturated rings. The summed E-state index contributed by atoms with van der Waals surface area (Å²) < 4.78 is 2.20. The highest BCUT2D eigenvalue weighted by Crippen LogP contribution is 2.37. The predicted molar refractivity (Wildman–Crippen MR) is 110 cm³/mol. The van der Waals surface area contributed by atoms with Crippen LogP contribution in [0, 0.1) is 11.3 Å². The fourth-order valence-corrected chi connectivity index (χ4v) is 4.14. The largest absolute Gasteiger partial charge is 0.268 e. The first-order valence-electron chi connectivity index (χ1n) is 8.46. The predicted octanol–water partition coefficient (Wildman–Crippen LogP) is 4.42. The SMILES string of the molecule is CCSc1nn(-c2ccccc2)c(N2C(=O)c3ccc(Br)cc3C2=O)c1C#N. The molecule has 0 aliphatic carbocycles.